The third-order valence-electron chi connectivity index (χ3n) is 3.60. The summed E-state index contributed by atoms with van der Waals surface area (Å²) in [5.74, 6) is -3.58. The molecule has 1 N–H and O–H groups in total. The fourth-order valence-corrected chi connectivity index (χ4v) is 3.28. The fourth-order valence-electron chi connectivity index (χ4n) is 2.75. The van der Waals surface area contributed by atoms with Gasteiger partial charge >= 0.3 is 0 Å². The highest BCUT2D eigenvalue weighted by Crippen LogP contribution is 2.39. The van der Waals surface area contributed by atoms with Crippen LogP contribution in [-0.4, -0.2) is 24.1 Å². The first-order chi connectivity index (χ1) is 9.95. The molecule has 2 aliphatic heterocycles. The second-order valence-corrected chi connectivity index (χ2v) is 5.84. The first kappa shape index (κ1) is 14.4. The minimum atomic E-state index is -1.30. The van der Waals surface area contributed by atoms with Gasteiger partial charge in [0.05, 0.1) is 18.1 Å². The highest BCUT2D eigenvalue weighted by atomic mass is 35.5. The number of rotatable bonds is 3. The lowest BCUT2D eigenvalue weighted by Gasteiger charge is -2.25. The van der Waals surface area contributed by atoms with Crippen LogP contribution in [0.15, 0.2) is 30.4 Å². The number of amides is 1. The minimum absolute atomic E-state index is 0.373. The molecule has 0 saturated carbocycles. The van der Waals surface area contributed by atoms with Crippen molar-refractivity contribution in [2.75, 3.05) is 5.32 Å². The number of hydrogen-bond donors (Lipinski definition) is 1. The molecule has 2 bridgehead atoms. The monoisotopic (exact) mass is 326 g/mol. The second kappa shape index (κ2) is 5.33. The maximum atomic E-state index is 12.3. The Morgan fingerprint density at radius 1 is 1.05 bits per heavy atom. The van der Waals surface area contributed by atoms with Gasteiger partial charge < -0.3 is 20.0 Å². The van der Waals surface area contributed by atoms with Crippen molar-refractivity contribution in [3.63, 3.8) is 0 Å². The average molecular weight is 327 g/mol. The number of fused-ring (bicyclic) bond motifs is 2. The Labute approximate surface area is 130 Å². The van der Waals surface area contributed by atoms with Crippen LogP contribution in [0, 0.1) is 11.8 Å². The summed E-state index contributed by atoms with van der Waals surface area (Å²) in [4.78, 5) is 23.6. The summed E-state index contributed by atoms with van der Waals surface area (Å²) in [5.41, 5.74) is 0.404. The minimum Gasteiger partial charge on any atom is -0.550 e. The van der Waals surface area contributed by atoms with E-state index in [2.05, 4.69) is 5.32 Å². The van der Waals surface area contributed by atoms with Crippen molar-refractivity contribution in [1.29, 1.82) is 0 Å². The summed E-state index contributed by atoms with van der Waals surface area (Å²) in [7, 11) is 0. The molecule has 1 aromatic carbocycles. The lowest BCUT2D eigenvalue weighted by atomic mass is 9.82. The van der Waals surface area contributed by atoms with E-state index in [0.717, 1.165) is 0 Å². The highest BCUT2D eigenvalue weighted by molar-refractivity contribution is 6.35. The fraction of sp³-hybridized carbons (Fsp3) is 0.286. The van der Waals surface area contributed by atoms with Gasteiger partial charge in [-0.15, -0.1) is 0 Å². The van der Waals surface area contributed by atoms with Gasteiger partial charge in [-0.1, -0.05) is 35.4 Å². The summed E-state index contributed by atoms with van der Waals surface area (Å²) in [6, 6.07) is 4.60. The van der Waals surface area contributed by atoms with Gasteiger partial charge in [0.15, 0.2) is 0 Å². The predicted octanol–water partition coefficient (Wildman–Crippen LogP) is 1.25. The molecule has 0 aromatic heterocycles. The largest absolute Gasteiger partial charge is 0.550 e. The normalized spacial score (nSPS) is 29.6. The number of halogens is 2. The molecule has 1 saturated heterocycles. The molecule has 0 unspecified atom stereocenters. The summed E-state index contributed by atoms with van der Waals surface area (Å²) in [5, 5.41) is 14.6. The zero-order chi connectivity index (χ0) is 15.1. The van der Waals surface area contributed by atoms with E-state index in [9.17, 15) is 14.7 Å². The van der Waals surface area contributed by atoms with Gasteiger partial charge in [-0.3, -0.25) is 4.79 Å². The first-order valence-electron chi connectivity index (χ1n) is 6.27. The molecule has 21 heavy (non-hydrogen) atoms. The molecule has 110 valence electrons. The van der Waals surface area contributed by atoms with Gasteiger partial charge in [0.25, 0.3) is 0 Å². The number of nitrogens with one attached hydrogen (secondary N) is 1. The molecule has 2 heterocycles. The standard InChI is InChI=1S/C14H11Cl2NO4/c15-6-3-7(16)5-8(4-6)17-13(18)11-9-1-2-10(21-9)12(11)14(19)20/h1-5,9-12H,(H,17,18)(H,19,20)/p-1/t9-,10+,11+,12+/m1/s1. The first-order valence-corrected chi connectivity index (χ1v) is 7.03. The number of carbonyl (C=O) groups excluding carboxylic acids is 2. The van der Waals surface area contributed by atoms with Crippen LogP contribution in [0.2, 0.25) is 10.0 Å². The van der Waals surface area contributed by atoms with E-state index in [-0.39, 0.29) is 0 Å². The summed E-state index contributed by atoms with van der Waals surface area (Å²) in [6.45, 7) is 0. The zero-order valence-corrected chi connectivity index (χ0v) is 12.1. The van der Waals surface area contributed by atoms with Crippen molar-refractivity contribution < 1.29 is 19.4 Å². The van der Waals surface area contributed by atoms with E-state index in [0.29, 0.717) is 15.7 Å². The summed E-state index contributed by atoms with van der Waals surface area (Å²) >= 11 is 11.7. The topological polar surface area (TPSA) is 78.5 Å². The number of aliphatic carboxylic acids is 1. The number of hydrogen-bond acceptors (Lipinski definition) is 4. The van der Waals surface area contributed by atoms with Crippen molar-refractivity contribution in [2.45, 2.75) is 12.2 Å². The van der Waals surface area contributed by atoms with E-state index in [1.807, 2.05) is 0 Å². The van der Waals surface area contributed by atoms with Gasteiger partial charge in [-0.05, 0) is 18.2 Å². The van der Waals surface area contributed by atoms with Crippen molar-refractivity contribution in [3.8, 4) is 0 Å². The average Bonchev–Trinajstić information content (AvgIpc) is 2.96. The Hall–Kier alpha value is -1.56. The lowest BCUT2D eigenvalue weighted by Crippen LogP contribution is -2.45. The molecular formula is C14H10Cl2NO4-. The van der Waals surface area contributed by atoms with Crippen LogP contribution in [-0.2, 0) is 14.3 Å². The number of anilines is 1. The molecule has 5 nitrogen and oxygen atoms in total. The quantitative estimate of drug-likeness (QED) is 0.848. The van der Waals surface area contributed by atoms with Crippen molar-refractivity contribution in [3.05, 3.63) is 40.4 Å². The van der Waals surface area contributed by atoms with E-state index in [4.69, 9.17) is 27.9 Å². The molecule has 1 fully saturated rings. The Morgan fingerprint density at radius 2 is 1.62 bits per heavy atom. The third-order valence-corrected chi connectivity index (χ3v) is 4.04. The molecular weight excluding hydrogens is 317 g/mol. The van der Waals surface area contributed by atoms with Crippen LogP contribution in [0.1, 0.15) is 0 Å². The van der Waals surface area contributed by atoms with Crippen LogP contribution in [0.4, 0.5) is 5.69 Å². The molecule has 0 aliphatic carbocycles. The SMILES string of the molecule is O=C([O-])[C@@H]1[C@@H](C(=O)Nc2cc(Cl)cc(Cl)c2)[C@H]2C=C[C@@H]1O2. The van der Waals surface area contributed by atoms with Crippen molar-refractivity contribution in [2.24, 2.45) is 11.8 Å². The number of carboxylic acid groups (broad SMARTS) is 1. The van der Waals surface area contributed by atoms with Gasteiger partial charge in [-0.2, -0.15) is 0 Å². The van der Waals surface area contributed by atoms with E-state index >= 15 is 0 Å². The molecule has 0 radical (unpaired) electrons. The van der Waals surface area contributed by atoms with Crippen LogP contribution < -0.4 is 10.4 Å². The smallest absolute Gasteiger partial charge is 0.231 e. The Kier molecular flexibility index (Phi) is 3.65. The molecule has 0 spiro atoms. The van der Waals surface area contributed by atoms with E-state index in [1.165, 1.54) is 18.2 Å². The molecule has 3 rings (SSSR count). The van der Waals surface area contributed by atoms with E-state index in [1.54, 1.807) is 12.2 Å². The van der Waals surface area contributed by atoms with Gasteiger partial charge in [0, 0.05) is 27.6 Å². The van der Waals surface area contributed by atoms with Crippen molar-refractivity contribution in [1.82, 2.24) is 0 Å². The molecule has 1 amide bonds. The van der Waals surface area contributed by atoms with Gasteiger partial charge in [-0.25, -0.2) is 0 Å². The molecule has 2 aliphatic rings. The second-order valence-electron chi connectivity index (χ2n) is 4.97. The number of carboxylic acids is 1. The Morgan fingerprint density at radius 3 is 2.19 bits per heavy atom. The number of carbonyl (C=O) groups is 2. The highest BCUT2D eigenvalue weighted by Gasteiger charge is 2.50. The maximum absolute atomic E-state index is 12.3. The molecule has 7 heteroatoms. The van der Waals surface area contributed by atoms with Crippen molar-refractivity contribution >= 4 is 40.8 Å². The predicted molar refractivity (Wildman–Crippen MR) is 74.9 cm³/mol. The summed E-state index contributed by atoms with van der Waals surface area (Å²) < 4.78 is 5.42. The van der Waals surface area contributed by atoms with Crippen LogP contribution in [0.5, 0.6) is 0 Å². The van der Waals surface area contributed by atoms with Crippen LogP contribution >= 0.6 is 23.2 Å². The number of ether oxygens (including phenoxy) is 1. The number of benzene rings is 1. The van der Waals surface area contributed by atoms with Gasteiger partial charge in [0.1, 0.15) is 0 Å². The van der Waals surface area contributed by atoms with Crippen LogP contribution in [0.25, 0.3) is 0 Å². The zero-order valence-electron chi connectivity index (χ0n) is 10.6. The van der Waals surface area contributed by atoms with Crippen LogP contribution in [0.3, 0.4) is 0 Å². The Balaban J connectivity index is 1.82. The van der Waals surface area contributed by atoms with E-state index < -0.39 is 35.9 Å². The third kappa shape index (κ3) is 2.64. The van der Waals surface area contributed by atoms with Gasteiger partial charge in [0.2, 0.25) is 5.91 Å². The maximum Gasteiger partial charge on any atom is 0.231 e. The summed E-state index contributed by atoms with van der Waals surface area (Å²) in [6.07, 6.45) is 2.18. The molecule has 4 atom stereocenters. The Bertz CT molecular complexity index is 626. The molecule has 1 aromatic rings. The lowest BCUT2D eigenvalue weighted by molar-refractivity contribution is -0.313.